The molecule has 0 amide bonds. The van der Waals surface area contributed by atoms with Gasteiger partial charge < -0.3 is 4.90 Å². The van der Waals surface area contributed by atoms with Crippen LogP contribution in [0.5, 0.6) is 0 Å². The molecule has 0 saturated heterocycles. The van der Waals surface area contributed by atoms with Crippen molar-refractivity contribution < 1.29 is 0 Å². The van der Waals surface area contributed by atoms with Gasteiger partial charge in [-0.05, 0) is 74.7 Å². The van der Waals surface area contributed by atoms with Crippen molar-refractivity contribution >= 4 is 29.2 Å². The summed E-state index contributed by atoms with van der Waals surface area (Å²) in [5.41, 5.74) is 11.0. The van der Waals surface area contributed by atoms with Crippen molar-refractivity contribution in [3.63, 3.8) is 0 Å². The van der Waals surface area contributed by atoms with Crippen LogP contribution >= 0.6 is 0 Å². The van der Waals surface area contributed by atoms with Crippen LogP contribution in [-0.4, -0.2) is 0 Å². The van der Waals surface area contributed by atoms with E-state index in [9.17, 15) is 0 Å². The lowest BCUT2D eigenvalue weighted by atomic mass is 10.1. The molecule has 154 valence electrons. The van der Waals surface area contributed by atoms with Crippen molar-refractivity contribution in [1.29, 1.82) is 0 Å². The molecular weight excluding hydrogens is 374 g/mol. The van der Waals surface area contributed by atoms with Gasteiger partial charge in [0.05, 0.1) is 0 Å². The van der Waals surface area contributed by atoms with Crippen molar-refractivity contribution in [3.05, 3.63) is 124 Å². The second-order valence-corrected chi connectivity index (χ2v) is 8.30. The summed E-state index contributed by atoms with van der Waals surface area (Å²) in [7, 11) is 0. The standard InChI is InChI=1S/C30H29N/c1-22-5-10-26(11-6-22)12-13-27-14-18-29(19-15-27)31(28-16-7-23(2)8-17-28)30-20-9-24(3)21-25(30)4/h5-21H,1-4H3/b13-12+. The van der Waals surface area contributed by atoms with Crippen molar-refractivity contribution in [2.75, 3.05) is 4.90 Å². The van der Waals surface area contributed by atoms with Crippen LogP contribution in [0, 0.1) is 27.7 Å². The maximum atomic E-state index is 2.34. The molecule has 0 atom stereocenters. The van der Waals surface area contributed by atoms with E-state index in [4.69, 9.17) is 0 Å². The molecule has 0 bridgehead atoms. The number of hydrogen-bond acceptors (Lipinski definition) is 1. The monoisotopic (exact) mass is 403 g/mol. The Balaban J connectivity index is 1.68. The maximum Gasteiger partial charge on any atom is 0.0490 e. The number of hydrogen-bond donors (Lipinski definition) is 0. The largest absolute Gasteiger partial charge is 0.310 e. The zero-order valence-corrected chi connectivity index (χ0v) is 18.8. The summed E-state index contributed by atoms with van der Waals surface area (Å²) in [6.45, 7) is 8.56. The van der Waals surface area contributed by atoms with Gasteiger partial charge in [0, 0.05) is 17.1 Å². The fourth-order valence-electron chi connectivity index (χ4n) is 3.78. The van der Waals surface area contributed by atoms with Crippen LogP contribution in [0.25, 0.3) is 12.2 Å². The molecule has 0 radical (unpaired) electrons. The molecular formula is C30H29N. The lowest BCUT2D eigenvalue weighted by Crippen LogP contribution is -2.11. The molecule has 0 fully saturated rings. The van der Waals surface area contributed by atoms with E-state index in [1.54, 1.807) is 0 Å². The van der Waals surface area contributed by atoms with Crippen LogP contribution in [-0.2, 0) is 0 Å². The average Bonchev–Trinajstić information content (AvgIpc) is 2.77. The minimum absolute atomic E-state index is 1.16. The Labute approximate surface area is 186 Å². The van der Waals surface area contributed by atoms with Gasteiger partial charge in [-0.1, -0.05) is 89.5 Å². The molecule has 0 aliphatic heterocycles. The third-order valence-electron chi connectivity index (χ3n) is 5.58. The van der Waals surface area contributed by atoms with Crippen LogP contribution in [0.3, 0.4) is 0 Å². The minimum Gasteiger partial charge on any atom is -0.310 e. The first-order valence-corrected chi connectivity index (χ1v) is 10.8. The fraction of sp³-hybridized carbons (Fsp3) is 0.133. The first kappa shape index (κ1) is 20.7. The van der Waals surface area contributed by atoms with E-state index in [0.29, 0.717) is 0 Å². The summed E-state index contributed by atoms with van der Waals surface area (Å²) < 4.78 is 0. The molecule has 4 rings (SSSR count). The summed E-state index contributed by atoms with van der Waals surface area (Å²) in [6.07, 6.45) is 4.33. The second kappa shape index (κ2) is 9.06. The molecule has 31 heavy (non-hydrogen) atoms. The predicted molar refractivity (Wildman–Crippen MR) is 135 cm³/mol. The minimum atomic E-state index is 1.16. The van der Waals surface area contributed by atoms with Gasteiger partial charge in [-0.25, -0.2) is 0 Å². The third-order valence-corrected chi connectivity index (χ3v) is 5.58. The zero-order valence-electron chi connectivity index (χ0n) is 18.8. The fourth-order valence-corrected chi connectivity index (χ4v) is 3.78. The first-order valence-electron chi connectivity index (χ1n) is 10.8. The van der Waals surface area contributed by atoms with Crippen LogP contribution in [0.15, 0.2) is 91.0 Å². The van der Waals surface area contributed by atoms with Gasteiger partial charge in [0.25, 0.3) is 0 Å². The molecule has 0 saturated carbocycles. The van der Waals surface area contributed by atoms with Gasteiger partial charge in [0.1, 0.15) is 0 Å². The predicted octanol–water partition coefficient (Wildman–Crippen LogP) is 8.56. The Morgan fingerprint density at radius 3 is 1.42 bits per heavy atom. The molecule has 4 aromatic carbocycles. The Morgan fingerprint density at radius 1 is 0.484 bits per heavy atom. The quantitative estimate of drug-likeness (QED) is 0.302. The summed E-state index contributed by atoms with van der Waals surface area (Å²) in [5.74, 6) is 0. The second-order valence-electron chi connectivity index (χ2n) is 8.30. The lowest BCUT2D eigenvalue weighted by molar-refractivity contribution is 1.23. The van der Waals surface area contributed by atoms with E-state index in [1.165, 1.54) is 44.8 Å². The highest BCUT2D eigenvalue weighted by molar-refractivity contribution is 5.79. The SMILES string of the molecule is Cc1ccc(/C=C/c2ccc(N(c3ccc(C)cc3)c3ccc(C)cc3C)cc2)cc1. The van der Waals surface area contributed by atoms with Crippen LogP contribution < -0.4 is 4.90 Å². The number of aryl methyl sites for hydroxylation is 4. The van der Waals surface area contributed by atoms with E-state index in [-0.39, 0.29) is 0 Å². The van der Waals surface area contributed by atoms with Crippen molar-refractivity contribution in [2.24, 2.45) is 0 Å². The third kappa shape index (κ3) is 4.95. The molecule has 1 nitrogen and oxygen atoms in total. The van der Waals surface area contributed by atoms with Crippen LogP contribution in [0.2, 0.25) is 0 Å². The van der Waals surface area contributed by atoms with E-state index in [2.05, 4.69) is 136 Å². The number of rotatable bonds is 5. The molecule has 0 unspecified atom stereocenters. The molecule has 0 aliphatic rings. The Bertz CT molecular complexity index is 1180. The summed E-state index contributed by atoms with van der Waals surface area (Å²) in [5, 5.41) is 0. The molecule has 0 heterocycles. The van der Waals surface area contributed by atoms with Crippen molar-refractivity contribution in [1.82, 2.24) is 0 Å². The number of benzene rings is 4. The highest BCUT2D eigenvalue weighted by Crippen LogP contribution is 2.37. The van der Waals surface area contributed by atoms with Crippen molar-refractivity contribution in [2.45, 2.75) is 27.7 Å². The lowest BCUT2D eigenvalue weighted by Gasteiger charge is -2.27. The van der Waals surface area contributed by atoms with E-state index in [1.807, 2.05) is 0 Å². The highest BCUT2D eigenvalue weighted by Gasteiger charge is 2.14. The molecule has 4 aromatic rings. The summed E-state index contributed by atoms with van der Waals surface area (Å²) in [4.78, 5) is 2.34. The van der Waals surface area contributed by atoms with Crippen LogP contribution in [0.1, 0.15) is 33.4 Å². The highest BCUT2D eigenvalue weighted by atomic mass is 15.1. The van der Waals surface area contributed by atoms with Gasteiger partial charge in [-0.3, -0.25) is 0 Å². The van der Waals surface area contributed by atoms with Gasteiger partial charge >= 0.3 is 0 Å². The molecule has 0 spiro atoms. The summed E-state index contributed by atoms with van der Waals surface area (Å²) >= 11 is 0. The van der Waals surface area contributed by atoms with Crippen molar-refractivity contribution in [3.8, 4) is 0 Å². The normalized spacial score (nSPS) is 11.1. The topological polar surface area (TPSA) is 3.24 Å². The zero-order chi connectivity index (χ0) is 21.8. The van der Waals surface area contributed by atoms with Gasteiger partial charge in [-0.15, -0.1) is 0 Å². The Hall–Kier alpha value is -3.58. The van der Waals surface area contributed by atoms with E-state index >= 15 is 0 Å². The molecule has 1 heteroatoms. The average molecular weight is 404 g/mol. The number of nitrogens with zero attached hydrogens (tertiary/aromatic N) is 1. The first-order chi connectivity index (χ1) is 15.0. The molecule has 0 N–H and O–H groups in total. The van der Waals surface area contributed by atoms with Gasteiger partial charge in [0.2, 0.25) is 0 Å². The summed E-state index contributed by atoms with van der Waals surface area (Å²) in [6, 6.07) is 32.7. The van der Waals surface area contributed by atoms with E-state index < -0.39 is 0 Å². The molecule has 0 aliphatic carbocycles. The van der Waals surface area contributed by atoms with E-state index in [0.717, 1.165) is 5.69 Å². The van der Waals surface area contributed by atoms with Gasteiger partial charge in [0.15, 0.2) is 0 Å². The maximum absolute atomic E-state index is 2.34. The van der Waals surface area contributed by atoms with Gasteiger partial charge in [-0.2, -0.15) is 0 Å². The number of anilines is 3. The smallest absolute Gasteiger partial charge is 0.0490 e. The Morgan fingerprint density at radius 2 is 0.903 bits per heavy atom. The Kier molecular flexibility index (Phi) is 6.04. The van der Waals surface area contributed by atoms with Crippen LogP contribution in [0.4, 0.5) is 17.1 Å². The molecule has 0 aromatic heterocycles.